The molecule has 0 atom stereocenters. The standard InChI is InChI=1S/C17H28BrNO2/c1-13(2)10-19-11-15-5-6-17(16(18)9-15)21-8-7-20-12-14(3)4/h5-6,9,13-14,19H,7-8,10-12H2,1-4H3. The molecule has 0 radical (unpaired) electrons. The first-order chi connectivity index (χ1) is 9.99. The molecule has 0 amide bonds. The summed E-state index contributed by atoms with van der Waals surface area (Å²) in [7, 11) is 0. The largest absolute Gasteiger partial charge is 0.490 e. The molecule has 1 N–H and O–H groups in total. The molecular formula is C17H28BrNO2. The lowest BCUT2D eigenvalue weighted by atomic mass is 10.2. The molecule has 1 rings (SSSR count). The van der Waals surface area contributed by atoms with Gasteiger partial charge in [-0.25, -0.2) is 0 Å². The van der Waals surface area contributed by atoms with Gasteiger partial charge in [-0.2, -0.15) is 0 Å². The molecular weight excluding hydrogens is 330 g/mol. The predicted octanol–water partition coefficient (Wildman–Crippen LogP) is 4.25. The Kier molecular flexibility index (Phi) is 8.97. The highest BCUT2D eigenvalue weighted by atomic mass is 79.9. The maximum Gasteiger partial charge on any atom is 0.133 e. The van der Waals surface area contributed by atoms with Crippen LogP contribution >= 0.6 is 15.9 Å². The molecule has 21 heavy (non-hydrogen) atoms. The lowest BCUT2D eigenvalue weighted by Crippen LogP contribution is -2.18. The van der Waals surface area contributed by atoms with E-state index in [9.17, 15) is 0 Å². The van der Waals surface area contributed by atoms with Crippen molar-refractivity contribution in [3.05, 3.63) is 28.2 Å². The molecule has 0 fully saturated rings. The van der Waals surface area contributed by atoms with Crippen LogP contribution in [0.25, 0.3) is 0 Å². The van der Waals surface area contributed by atoms with Gasteiger partial charge in [-0.05, 0) is 52.0 Å². The van der Waals surface area contributed by atoms with Crippen LogP contribution < -0.4 is 10.1 Å². The topological polar surface area (TPSA) is 30.5 Å². The molecule has 0 heterocycles. The van der Waals surface area contributed by atoms with Gasteiger partial charge >= 0.3 is 0 Å². The minimum absolute atomic E-state index is 0.564. The summed E-state index contributed by atoms with van der Waals surface area (Å²) in [5, 5.41) is 3.44. The average Bonchev–Trinajstić information content (AvgIpc) is 2.39. The molecule has 0 saturated carbocycles. The summed E-state index contributed by atoms with van der Waals surface area (Å²) in [5.41, 5.74) is 1.26. The van der Waals surface area contributed by atoms with Crippen LogP contribution in [-0.2, 0) is 11.3 Å². The van der Waals surface area contributed by atoms with Gasteiger partial charge in [0.2, 0.25) is 0 Å². The Morgan fingerprint density at radius 1 is 1.10 bits per heavy atom. The van der Waals surface area contributed by atoms with E-state index >= 15 is 0 Å². The normalized spacial score (nSPS) is 11.4. The molecule has 4 heteroatoms. The van der Waals surface area contributed by atoms with Crippen molar-refractivity contribution >= 4 is 15.9 Å². The Hall–Kier alpha value is -0.580. The molecule has 1 aromatic rings. The van der Waals surface area contributed by atoms with Crippen LogP contribution in [-0.4, -0.2) is 26.4 Å². The number of rotatable bonds is 10. The van der Waals surface area contributed by atoms with Crippen LogP contribution in [0.5, 0.6) is 5.75 Å². The van der Waals surface area contributed by atoms with E-state index in [-0.39, 0.29) is 0 Å². The minimum Gasteiger partial charge on any atom is -0.490 e. The Labute approximate surface area is 137 Å². The van der Waals surface area contributed by atoms with Crippen molar-refractivity contribution in [2.45, 2.75) is 34.2 Å². The molecule has 1 aromatic carbocycles. The monoisotopic (exact) mass is 357 g/mol. The van der Waals surface area contributed by atoms with E-state index in [1.807, 2.05) is 6.07 Å². The summed E-state index contributed by atoms with van der Waals surface area (Å²) in [5.74, 6) is 2.10. The van der Waals surface area contributed by atoms with Gasteiger partial charge < -0.3 is 14.8 Å². The van der Waals surface area contributed by atoms with Gasteiger partial charge in [0.25, 0.3) is 0 Å². The van der Waals surface area contributed by atoms with Crippen LogP contribution in [0.2, 0.25) is 0 Å². The second-order valence-electron chi connectivity index (χ2n) is 6.11. The van der Waals surface area contributed by atoms with Crippen molar-refractivity contribution in [3.63, 3.8) is 0 Å². The van der Waals surface area contributed by atoms with E-state index in [0.717, 1.165) is 29.9 Å². The number of hydrogen-bond acceptors (Lipinski definition) is 3. The SMILES string of the molecule is CC(C)CNCc1ccc(OCCOCC(C)C)c(Br)c1. The average molecular weight is 358 g/mol. The molecule has 0 aromatic heterocycles. The highest BCUT2D eigenvalue weighted by molar-refractivity contribution is 9.10. The lowest BCUT2D eigenvalue weighted by molar-refractivity contribution is 0.0817. The third-order valence-corrected chi connectivity index (χ3v) is 3.43. The van der Waals surface area contributed by atoms with Crippen LogP contribution in [0.15, 0.2) is 22.7 Å². The van der Waals surface area contributed by atoms with Crippen molar-refractivity contribution in [1.29, 1.82) is 0 Å². The fourth-order valence-electron chi connectivity index (χ4n) is 1.81. The van der Waals surface area contributed by atoms with Gasteiger partial charge in [0.15, 0.2) is 0 Å². The number of halogens is 1. The number of hydrogen-bond donors (Lipinski definition) is 1. The summed E-state index contributed by atoms with van der Waals surface area (Å²) >= 11 is 3.57. The molecule has 0 bridgehead atoms. The Bertz CT molecular complexity index is 408. The van der Waals surface area contributed by atoms with Gasteiger partial charge in [-0.3, -0.25) is 0 Å². The van der Waals surface area contributed by atoms with E-state index in [1.54, 1.807) is 0 Å². The summed E-state index contributed by atoms with van der Waals surface area (Å²) < 4.78 is 12.2. The van der Waals surface area contributed by atoms with E-state index in [1.165, 1.54) is 5.56 Å². The summed E-state index contributed by atoms with van der Waals surface area (Å²) in [6, 6.07) is 6.22. The van der Waals surface area contributed by atoms with Crippen molar-refractivity contribution < 1.29 is 9.47 Å². The van der Waals surface area contributed by atoms with Crippen molar-refractivity contribution in [2.24, 2.45) is 11.8 Å². The lowest BCUT2D eigenvalue weighted by Gasteiger charge is -2.12. The van der Waals surface area contributed by atoms with Gasteiger partial charge in [-0.15, -0.1) is 0 Å². The van der Waals surface area contributed by atoms with E-state index in [4.69, 9.17) is 9.47 Å². The molecule has 3 nitrogen and oxygen atoms in total. The van der Waals surface area contributed by atoms with Crippen molar-refractivity contribution in [1.82, 2.24) is 5.32 Å². The zero-order chi connectivity index (χ0) is 15.7. The maximum absolute atomic E-state index is 5.72. The molecule has 0 aliphatic carbocycles. The molecule has 0 unspecified atom stereocenters. The zero-order valence-corrected chi connectivity index (χ0v) is 15.2. The summed E-state index contributed by atoms with van der Waals surface area (Å²) in [6.45, 7) is 12.6. The van der Waals surface area contributed by atoms with Crippen LogP contribution in [0, 0.1) is 11.8 Å². The quantitative estimate of drug-likeness (QED) is 0.635. The van der Waals surface area contributed by atoms with E-state index < -0.39 is 0 Å². The third-order valence-electron chi connectivity index (χ3n) is 2.81. The Morgan fingerprint density at radius 3 is 2.48 bits per heavy atom. The number of benzene rings is 1. The highest BCUT2D eigenvalue weighted by Crippen LogP contribution is 2.26. The van der Waals surface area contributed by atoms with Crippen LogP contribution in [0.4, 0.5) is 0 Å². The third kappa shape index (κ3) is 8.44. The first kappa shape index (κ1) is 18.5. The Morgan fingerprint density at radius 2 is 1.86 bits per heavy atom. The van der Waals surface area contributed by atoms with Crippen LogP contribution in [0.3, 0.4) is 0 Å². The molecule has 0 saturated heterocycles. The summed E-state index contributed by atoms with van der Waals surface area (Å²) in [6.07, 6.45) is 0. The first-order valence-corrected chi connectivity index (χ1v) is 8.48. The smallest absolute Gasteiger partial charge is 0.133 e. The zero-order valence-electron chi connectivity index (χ0n) is 13.6. The van der Waals surface area contributed by atoms with Gasteiger partial charge in [0.05, 0.1) is 11.1 Å². The molecule has 0 spiro atoms. The van der Waals surface area contributed by atoms with Gasteiger partial charge in [-0.1, -0.05) is 33.8 Å². The van der Waals surface area contributed by atoms with E-state index in [0.29, 0.717) is 25.0 Å². The molecule has 0 aliphatic rings. The van der Waals surface area contributed by atoms with Crippen LogP contribution in [0.1, 0.15) is 33.3 Å². The number of ether oxygens (including phenoxy) is 2. The minimum atomic E-state index is 0.564. The fraction of sp³-hybridized carbons (Fsp3) is 0.647. The predicted molar refractivity (Wildman–Crippen MR) is 91.8 cm³/mol. The van der Waals surface area contributed by atoms with Gasteiger partial charge in [0.1, 0.15) is 12.4 Å². The number of nitrogens with one attached hydrogen (secondary N) is 1. The fourth-order valence-corrected chi connectivity index (χ4v) is 2.35. The molecule has 0 aliphatic heterocycles. The second-order valence-corrected chi connectivity index (χ2v) is 6.96. The summed E-state index contributed by atoms with van der Waals surface area (Å²) in [4.78, 5) is 0. The van der Waals surface area contributed by atoms with Gasteiger partial charge in [0, 0.05) is 13.2 Å². The van der Waals surface area contributed by atoms with E-state index in [2.05, 4.69) is 61.1 Å². The molecule has 120 valence electrons. The Balaban J connectivity index is 2.33. The highest BCUT2D eigenvalue weighted by Gasteiger charge is 2.03. The maximum atomic E-state index is 5.72. The van der Waals surface area contributed by atoms with Crippen molar-refractivity contribution in [2.75, 3.05) is 26.4 Å². The first-order valence-electron chi connectivity index (χ1n) is 7.68. The van der Waals surface area contributed by atoms with Crippen molar-refractivity contribution in [3.8, 4) is 5.75 Å². The second kappa shape index (κ2) is 10.2.